The van der Waals surface area contributed by atoms with Gasteiger partial charge in [-0.05, 0) is 63.2 Å². The van der Waals surface area contributed by atoms with Crippen LogP contribution >= 0.6 is 0 Å². The number of aliphatic hydroxyl groups excluding tert-OH is 1. The summed E-state index contributed by atoms with van der Waals surface area (Å²) in [6, 6.07) is 5.44. The summed E-state index contributed by atoms with van der Waals surface area (Å²) in [5.41, 5.74) is -0.0652. The summed E-state index contributed by atoms with van der Waals surface area (Å²) in [7, 11) is 0. The Morgan fingerprint density at radius 2 is 2.00 bits per heavy atom. The van der Waals surface area contributed by atoms with Crippen molar-refractivity contribution in [1.82, 2.24) is 24.5 Å². The predicted octanol–water partition coefficient (Wildman–Crippen LogP) is 1.05. The first-order chi connectivity index (χ1) is 12.2. The third kappa shape index (κ3) is 3.52. The summed E-state index contributed by atoms with van der Waals surface area (Å²) in [5, 5.41) is 18.7. The smallest absolute Gasteiger partial charge is 0.266 e. The van der Waals surface area contributed by atoms with Gasteiger partial charge in [0.05, 0.1) is 6.10 Å². The summed E-state index contributed by atoms with van der Waals surface area (Å²) in [4.78, 5) is 14.6. The van der Waals surface area contributed by atoms with Crippen molar-refractivity contribution in [2.45, 2.75) is 50.8 Å². The standard InChI is InChI=1S/C18H25N5O2/c24-16-4-1-3-15(16)21-11-7-14(8-12-21)13-23-18(25)6-5-17(20-23)22-10-2-9-19-22/h2,5-6,9-10,14-16,24H,1,3-4,7-8,11-13H2. The van der Waals surface area contributed by atoms with Crippen molar-refractivity contribution in [3.8, 4) is 5.82 Å². The molecule has 0 amide bonds. The van der Waals surface area contributed by atoms with Crippen molar-refractivity contribution in [2.24, 2.45) is 5.92 Å². The Morgan fingerprint density at radius 1 is 1.16 bits per heavy atom. The number of hydrogen-bond acceptors (Lipinski definition) is 5. The van der Waals surface area contributed by atoms with Gasteiger partial charge in [-0.2, -0.15) is 5.10 Å². The van der Waals surface area contributed by atoms with Crippen LogP contribution in [0.15, 0.2) is 35.4 Å². The Labute approximate surface area is 146 Å². The van der Waals surface area contributed by atoms with Crippen LogP contribution in [0.25, 0.3) is 5.82 Å². The fourth-order valence-electron chi connectivity index (χ4n) is 4.15. The lowest BCUT2D eigenvalue weighted by Crippen LogP contribution is -2.45. The molecule has 1 saturated heterocycles. The number of aliphatic hydroxyl groups is 1. The summed E-state index contributed by atoms with van der Waals surface area (Å²) in [5.74, 6) is 1.11. The third-order valence-corrected chi connectivity index (χ3v) is 5.58. The van der Waals surface area contributed by atoms with Gasteiger partial charge in [-0.1, -0.05) is 0 Å². The van der Waals surface area contributed by atoms with Crippen molar-refractivity contribution in [3.05, 3.63) is 40.9 Å². The normalized spacial score (nSPS) is 25.5. The summed E-state index contributed by atoms with van der Waals surface area (Å²) >= 11 is 0. The van der Waals surface area contributed by atoms with Crippen LogP contribution in [-0.4, -0.2) is 54.8 Å². The van der Waals surface area contributed by atoms with E-state index in [1.165, 1.54) is 0 Å². The number of nitrogens with zero attached hydrogens (tertiary/aromatic N) is 5. The van der Waals surface area contributed by atoms with Gasteiger partial charge in [0.25, 0.3) is 5.56 Å². The topological polar surface area (TPSA) is 76.2 Å². The molecule has 0 radical (unpaired) electrons. The highest BCUT2D eigenvalue weighted by molar-refractivity contribution is 5.17. The zero-order valence-corrected chi connectivity index (χ0v) is 14.4. The van der Waals surface area contributed by atoms with Gasteiger partial charge in [0.2, 0.25) is 0 Å². The molecular weight excluding hydrogens is 318 g/mol. The molecule has 2 fully saturated rings. The second kappa shape index (κ2) is 7.09. The number of aromatic nitrogens is 4. The van der Waals surface area contributed by atoms with Gasteiger partial charge in [-0.25, -0.2) is 9.36 Å². The van der Waals surface area contributed by atoms with E-state index in [2.05, 4.69) is 15.1 Å². The zero-order chi connectivity index (χ0) is 17.2. The van der Waals surface area contributed by atoms with E-state index in [9.17, 15) is 9.90 Å². The summed E-state index contributed by atoms with van der Waals surface area (Å²) in [6.45, 7) is 2.65. The van der Waals surface area contributed by atoms with E-state index in [0.717, 1.165) is 45.2 Å². The van der Waals surface area contributed by atoms with E-state index in [0.29, 0.717) is 24.3 Å². The molecule has 3 heterocycles. The molecule has 1 saturated carbocycles. The van der Waals surface area contributed by atoms with Crippen molar-refractivity contribution in [2.75, 3.05) is 13.1 Å². The summed E-state index contributed by atoms with van der Waals surface area (Å²) < 4.78 is 3.24. The molecule has 2 aliphatic rings. The number of piperidine rings is 1. The Bertz CT molecular complexity index is 749. The maximum atomic E-state index is 12.2. The van der Waals surface area contributed by atoms with Gasteiger partial charge in [-0.3, -0.25) is 9.69 Å². The number of hydrogen-bond donors (Lipinski definition) is 1. The molecule has 134 valence electrons. The van der Waals surface area contributed by atoms with Crippen molar-refractivity contribution >= 4 is 0 Å². The first-order valence-corrected chi connectivity index (χ1v) is 9.21. The van der Waals surface area contributed by atoms with E-state index in [1.54, 1.807) is 27.7 Å². The average Bonchev–Trinajstić information content (AvgIpc) is 3.29. The first-order valence-electron chi connectivity index (χ1n) is 9.21. The molecule has 7 nitrogen and oxygen atoms in total. The summed E-state index contributed by atoms with van der Waals surface area (Å²) in [6.07, 6.45) is 8.62. The van der Waals surface area contributed by atoms with Gasteiger partial charge in [0, 0.05) is 31.0 Å². The fraction of sp³-hybridized carbons (Fsp3) is 0.611. The maximum Gasteiger partial charge on any atom is 0.266 e. The number of likely N-dealkylation sites (tertiary alicyclic amines) is 1. The van der Waals surface area contributed by atoms with Crippen molar-refractivity contribution < 1.29 is 5.11 Å². The average molecular weight is 343 g/mol. The minimum atomic E-state index is -0.161. The highest BCUT2D eigenvalue weighted by atomic mass is 16.3. The molecule has 2 unspecified atom stereocenters. The van der Waals surface area contributed by atoms with E-state index >= 15 is 0 Å². The zero-order valence-electron chi connectivity index (χ0n) is 14.4. The maximum absolute atomic E-state index is 12.2. The van der Waals surface area contributed by atoms with E-state index in [4.69, 9.17) is 0 Å². The largest absolute Gasteiger partial charge is 0.391 e. The van der Waals surface area contributed by atoms with Crippen molar-refractivity contribution in [1.29, 1.82) is 0 Å². The Balaban J connectivity index is 1.40. The van der Waals surface area contributed by atoms with Crippen molar-refractivity contribution in [3.63, 3.8) is 0 Å². The molecule has 0 bridgehead atoms. The Morgan fingerprint density at radius 3 is 2.68 bits per heavy atom. The lowest BCUT2D eigenvalue weighted by molar-refractivity contribution is 0.0455. The van der Waals surface area contributed by atoms with Gasteiger partial charge >= 0.3 is 0 Å². The minimum absolute atomic E-state index is 0.0652. The van der Waals surface area contributed by atoms with Gasteiger partial charge in [0.15, 0.2) is 5.82 Å². The second-order valence-electron chi connectivity index (χ2n) is 7.21. The SMILES string of the molecule is O=c1ccc(-n2cccn2)nn1CC1CCN(C2CCCC2O)CC1. The van der Waals surface area contributed by atoms with Gasteiger partial charge in [-0.15, -0.1) is 5.10 Å². The van der Waals surface area contributed by atoms with Gasteiger partial charge < -0.3 is 5.11 Å². The quantitative estimate of drug-likeness (QED) is 0.898. The lowest BCUT2D eigenvalue weighted by atomic mass is 9.95. The monoisotopic (exact) mass is 343 g/mol. The lowest BCUT2D eigenvalue weighted by Gasteiger charge is -2.37. The molecule has 0 spiro atoms. The molecule has 1 aliphatic heterocycles. The fourth-order valence-corrected chi connectivity index (χ4v) is 4.15. The second-order valence-corrected chi connectivity index (χ2v) is 7.21. The van der Waals surface area contributed by atoms with E-state index < -0.39 is 0 Å². The van der Waals surface area contributed by atoms with Crippen LogP contribution in [0.4, 0.5) is 0 Å². The molecule has 1 N–H and O–H groups in total. The third-order valence-electron chi connectivity index (χ3n) is 5.58. The number of rotatable bonds is 4. The van der Waals surface area contributed by atoms with Crippen LogP contribution in [0, 0.1) is 5.92 Å². The highest BCUT2D eigenvalue weighted by Gasteiger charge is 2.33. The molecule has 7 heteroatoms. The van der Waals surface area contributed by atoms with Crippen LogP contribution in [0.3, 0.4) is 0 Å². The predicted molar refractivity (Wildman–Crippen MR) is 93.6 cm³/mol. The molecule has 4 rings (SSSR count). The molecule has 2 atom stereocenters. The molecule has 2 aromatic heterocycles. The van der Waals surface area contributed by atoms with E-state index in [-0.39, 0.29) is 11.7 Å². The van der Waals surface area contributed by atoms with Crippen LogP contribution < -0.4 is 5.56 Å². The molecule has 0 aromatic carbocycles. The van der Waals surface area contributed by atoms with Crippen LogP contribution in [0.2, 0.25) is 0 Å². The van der Waals surface area contributed by atoms with Crippen LogP contribution in [-0.2, 0) is 6.54 Å². The van der Waals surface area contributed by atoms with Crippen LogP contribution in [0.5, 0.6) is 0 Å². The molecule has 25 heavy (non-hydrogen) atoms. The Hall–Kier alpha value is -1.99. The van der Waals surface area contributed by atoms with E-state index in [1.807, 2.05) is 12.3 Å². The Kier molecular flexibility index (Phi) is 4.67. The van der Waals surface area contributed by atoms with Crippen LogP contribution in [0.1, 0.15) is 32.1 Å². The molecule has 2 aromatic rings. The first kappa shape index (κ1) is 16.5. The minimum Gasteiger partial charge on any atom is -0.391 e. The molecule has 1 aliphatic carbocycles. The highest BCUT2D eigenvalue weighted by Crippen LogP contribution is 2.28. The van der Waals surface area contributed by atoms with Gasteiger partial charge in [0.1, 0.15) is 0 Å². The molecular formula is C18H25N5O2.